The summed E-state index contributed by atoms with van der Waals surface area (Å²) in [5.74, 6) is -2.69. The summed E-state index contributed by atoms with van der Waals surface area (Å²) in [6.07, 6.45) is 0.975. The van der Waals surface area contributed by atoms with Crippen molar-refractivity contribution in [3.8, 4) is 0 Å². The first kappa shape index (κ1) is 8.46. The smallest absolute Gasteiger partial charge is 0.364 e. The maximum atomic E-state index is 12.5. The van der Waals surface area contributed by atoms with E-state index >= 15 is 0 Å². The lowest BCUT2D eigenvalue weighted by Crippen LogP contribution is -1.93. The second-order valence-electron chi connectivity index (χ2n) is 2.21. The lowest BCUT2D eigenvalue weighted by molar-refractivity contribution is -0.134. The van der Waals surface area contributed by atoms with Crippen molar-refractivity contribution in [1.29, 1.82) is 0 Å². The van der Waals surface area contributed by atoms with Gasteiger partial charge >= 0.3 is 5.97 Å². The Balaban J connectivity index is 2.89. The molecule has 0 saturated heterocycles. The third-order valence-electron chi connectivity index (χ3n) is 1.30. The average molecular weight is 166 g/mol. The Kier molecular flexibility index (Phi) is 2.58. The molecular weight excluding hydrogens is 159 g/mol. The molecule has 12 heavy (non-hydrogen) atoms. The molecule has 1 aromatic rings. The minimum absolute atomic E-state index is 0.539. The zero-order chi connectivity index (χ0) is 8.97. The van der Waals surface area contributed by atoms with E-state index in [0.717, 1.165) is 6.08 Å². The topological polar surface area (TPSA) is 37.3 Å². The van der Waals surface area contributed by atoms with Crippen LogP contribution in [0.1, 0.15) is 5.56 Å². The van der Waals surface area contributed by atoms with Crippen LogP contribution in [-0.2, 0) is 4.79 Å². The van der Waals surface area contributed by atoms with Crippen LogP contribution in [-0.4, -0.2) is 11.1 Å². The van der Waals surface area contributed by atoms with Crippen LogP contribution in [0.3, 0.4) is 0 Å². The minimum atomic E-state index is -1.54. The van der Waals surface area contributed by atoms with E-state index < -0.39 is 11.8 Å². The summed E-state index contributed by atoms with van der Waals surface area (Å²) in [6, 6.07) is 8.45. The van der Waals surface area contributed by atoms with Crippen LogP contribution in [0.15, 0.2) is 36.2 Å². The third-order valence-corrected chi connectivity index (χ3v) is 1.30. The van der Waals surface area contributed by atoms with Gasteiger partial charge in [-0.1, -0.05) is 30.3 Å². The van der Waals surface area contributed by atoms with Crippen molar-refractivity contribution in [3.05, 3.63) is 41.7 Å². The highest BCUT2D eigenvalue weighted by molar-refractivity contribution is 5.89. The number of carboxylic acids is 1. The Morgan fingerprint density at radius 3 is 2.42 bits per heavy atom. The second-order valence-corrected chi connectivity index (χ2v) is 2.21. The van der Waals surface area contributed by atoms with E-state index in [2.05, 4.69) is 0 Å². The Morgan fingerprint density at radius 2 is 1.92 bits per heavy atom. The predicted octanol–water partition coefficient (Wildman–Crippen LogP) is 2.08. The monoisotopic (exact) mass is 166 g/mol. The minimum Gasteiger partial charge on any atom is -0.476 e. The van der Waals surface area contributed by atoms with Crippen molar-refractivity contribution in [1.82, 2.24) is 0 Å². The Bertz CT molecular complexity index is 304. The molecule has 1 aromatic carbocycles. The van der Waals surface area contributed by atoms with E-state index in [1.54, 1.807) is 30.3 Å². The highest BCUT2D eigenvalue weighted by Crippen LogP contribution is 2.06. The van der Waals surface area contributed by atoms with Crippen LogP contribution < -0.4 is 0 Å². The van der Waals surface area contributed by atoms with Crippen LogP contribution in [0, 0.1) is 0 Å². The van der Waals surface area contributed by atoms with E-state index in [4.69, 9.17) is 5.11 Å². The van der Waals surface area contributed by atoms with E-state index in [1.807, 2.05) is 0 Å². The van der Waals surface area contributed by atoms with Gasteiger partial charge in [0.05, 0.1) is 0 Å². The Morgan fingerprint density at radius 1 is 1.33 bits per heavy atom. The summed E-state index contributed by atoms with van der Waals surface area (Å²) in [5, 5.41) is 8.20. The van der Waals surface area contributed by atoms with Gasteiger partial charge in [-0.3, -0.25) is 0 Å². The SMILES string of the molecule is O=C(O)C(F)=Cc1ccccc1. The largest absolute Gasteiger partial charge is 0.476 e. The highest BCUT2D eigenvalue weighted by atomic mass is 19.1. The Labute approximate surface area is 69.0 Å². The van der Waals surface area contributed by atoms with Crippen molar-refractivity contribution in [2.45, 2.75) is 0 Å². The molecule has 0 aromatic heterocycles. The molecule has 1 rings (SSSR count). The molecule has 0 amide bonds. The molecule has 2 nitrogen and oxygen atoms in total. The average Bonchev–Trinajstić information content (AvgIpc) is 2.06. The fourth-order valence-corrected chi connectivity index (χ4v) is 0.757. The van der Waals surface area contributed by atoms with Gasteiger partial charge in [-0.25, -0.2) is 4.79 Å². The number of carbonyl (C=O) groups is 1. The van der Waals surface area contributed by atoms with Crippen molar-refractivity contribution in [2.75, 3.05) is 0 Å². The maximum absolute atomic E-state index is 12.5. The molecule has 3 heteroatoms. The van der Waals surface area contributed by atoms with Gasteiger partial charge in [-0.15, -0.1) is 0 Å². The molecule has 0 spiro atoms. The van der Waals surface area contributed by atoms with Gasteiger partial charge in [0.2, 0.25) is 5.83 Å². The highest BCUT2D eigenvalue weighted by Gasteiger charge is 2.03. The van der Waals surface area contributed by atoms with Gasteiger partial charge in [-0.05, 0) is 11.6 Å². The van der Waals surface area contributed by atoms with Crippen LogP contribution in [0.5, 0.6) is 0 Å². The molecule has 0 unspecified atom stereocenters. The molecule has 0 heterocycles. The molecule has 0 saturated carbocycles. The number of carboxylic acid groups (broad SMARTS) is 1. The second kappa shape index (κ2) is 3.67. The number of hydrogen-bond acceptors (Lipinski definition) is 1. The molecule has 0 aliphatic carbocycles. The predicted molar refractivity (Wildman–Crippen MR) is 43.2 cm³/mol. The molecule has 0 aliphatic heterocycles. The van der Waals surface area contributed by atoms with E-state index in [-0.39, 0.29) is 0 Å². The van der Waals surface area contributed by atoms with Crippen molar-refractivity contribution >= 4 is 12.0 Å². The summed E-state index contributed by atoms with van der Waals surface area (Å²) >= 11 is 0. The molecule has 0 atom stereocenters. The summed E-state index contributed by atoms with van der Waals surface area (Å²) < 4.78 is 12.5. The fourth-order valence-electron chi connectivity index (χ4n) is 0.757. The van der Waals surface area contributed by atoms with Crippen LogP contribution in [0.4, 0.5) is 4.39 Å². The van der Waals surface area contributed by atoms with Crippen LogP contribution >= 0.6 is 0 Å². The van der Waals surface area contributed by atoms with E-state index in [0.29, 0.717) is 5.56 Å². The van der Waals surface area contributed by atoms with E-state index in [1.165, 1.54) is 0 Å². The number of hydrogen-bond donors (Lipinski definition) is 1. The number of aliphatic carboxylic acids is 1. The standard InChI is InChI=1S/C9H7FO2/c10-8(9(11)12)6-7-4-2-1-3-5-7/h1-6H,(H,11,12). The van der Waals surface area contributed by atoms with Gasteiger partial charge < -0.3 is 5.11 Å². The van der Waals surface area contributed by atoms with Gasteiger partial charge in [0.15, 0.2) is 0 Å². The number of rotatable bonds is 2. The van der Waals surface area contributed by atoms with Gasteiger partial charge in [0, 0.05) is 0 Å². The first-order valence-electron chi connectivity index (χ1n) is 3.35. The summed E-state index contributed by atoms with van der Waals surface area (Å²) in [5.41, 5.74) is 0.539. The molecule has 1 N–H and O–H groups in total. The molecule has 0 aliphatic rings. The summed E-state index contributed by atoms with van der Waals surface area (Å²) in [7, 11) is 0. The normalized spacial score (nSPS) is 11.2. The van der Waals surface area contributed by atoms with Crippen molar-refractivity contribution < 1.29 is 14.3 Å². The number of benzene rings is 1. The molecule has 0 radical (unpaired) electrons. The van der Waals surface area contributed by atoms with Gasteiger partial charge in [0.1, 0.15) is 0 Å². The molecular formula is C9H7FO2. The quantitative estimate of drug-likeness (QED) is 0.683. The zero-order valence-electron chi connectivity index (χ0n) is 6.20. The van der Waals surface area contributed by atoms with Crippen molar-refractivity contribution in [3.63, 3.8) is 0 Å². The lowest BCUT2D eigenvalue weighted by Gasteiger charge is -1.90. The third kappa shape index (κ3) is 2.20. The van der Waals surface area contributed by atoms with Gasteiger partial charge in [0.25, 0.3) is 0 Å². The molecule has 0 fully saturated rings. The van der Waals surface area contributed by atoms with Crippen LogP contribution in [0.25, 0.3) is 6.08 Å². The molecule has 62 valence electrons. The lowest BCUT2D eigenvalue weighted by atomic mass is 10.2. The first-order valence-corrected chi connectivity index (χ1v) is 3.35. The number of halogens is 1. The zero-order valence-corrected chi connectivity index (χ0v) is 6.20. The van der Waals surface area contributed by atoms with Gasteiger partial charge in [-0.2, -0.15) is 4.39 Å². The van der Waals surface area contributed by atoms with E-state index in [9.17, 15) is 9.18 Å². The Hall–Kier alpha value is -1.64. The fraction of sp³-hybridized carbons (Fsp3) is 0. The summed E-state index contributed by atoms with van der Waals surface area (Å²) in [6.45, 7) is 0. The maximum Gasteiger partial charge on any atom is 0.364 e. The van der Waals surface area contributed by atoms with Crippen LogP contribution in [0.2, 0.25) is 0 Å². The molecule has 0 bridgehead atoms. The van der Waals surface area contributed by atoms with Crippen molar-refractivity contribution in [2.24, 2.45) is 0 Å². The summed E-state index contributed by atoms with van der Waals surface area (Å²) in [4.78, 5) is 10.1. The first-order chi connectivity index (χ1) is 5.70.